The molecule has 3 atom stereocenters. The topological polar surface area (TPSA) is 68.2 Å². The zero-order valence-corrected chi connectivity index (χ0v) is 17.2. The van der Waals surface area contributed by atoms with Gasteiger partial charge in [-0.05, 0) is 43.0 Å². The number of carbonyl (C=O) groups is 1. The molecule has 2 aliphatic rings. The Bertz CT molecular complexity index is 885. The maximum atomic E-state index is 12.8. The van der Waals surface area contributed by atoms with Gasteiger partial charge in [-0.2, -0.15) is 18.3 Å². The van der Waals surface area contributed by atoms with E-state index in [4.69, 9.17) is 4.74 Å². The number of ether oxygens (including phenoxy) is 1. The Balaban J connectivity index is 0.00000256. The maximum Gasteiger partial charge on any atom is 0.435 e. The van der Waals surface area contributed by atoms with Crippen LogP contribution in [0, 0.1) is 5.92 Å². The van der Waals surface area contributed by atoms with E-state index in [1.165, 1.54) is 11.7 Å². The van der Waals surface area contributed by atoms with Gasteiger partial charge in [0.25, 0.3) is 0 Å². The number of benzene rings is 1. The van der Waals surface area contributed by atoms with E-state index in [0.29, 0.717) is 23.6 Å². The number of anilines is 1. The van der Waals surface area contributed by atoms with E-state index in [1.807, 2.05) is 0 Å². The number of hydrogen-bond donors (Lipinski definition) is 2. The smallest absolute Gasteiger partial charge is 0.375 e. The zero-order chi connectivity index (χ0) is 20.6. The maximum absolute atomic E-state index is 12.8. The van der Waals surface area contributed by atoms with E-state index in [2.05, 4.69) is 15.7 Å². The van der Waals surface area contributed by atoms with Gasteiger partial charge >= 0.3 is 6.18 Å². The van der Waals surface area contributed by atoms with E-state index in [9.17, 15) is 18.0 Å². The lowest BCUT2D eigenvalue weighted by atomic mass is 9.82. The molecule has 2 fully saturated rings. The van der Waals surface area contributed by atoms with Gasteiger partial charge < -0.3 is 15.4 Å². The molecule has 1 saturated heterocycles. The van der Waals surface area contributed by atoms with Crippen molar-refractivity contribution in [2.24, 2.45) is 13.0 Å². The fourth-order valence-electron chi connectivity index (χ4n) is 4.09. The quantitative estimate of drug-likeness (QED) is 0.758. The molecule has 6 nitrogen and oxygen atoms in total. The molecule has 4 rings (SSSR count). The monoisotopic (exact) mass is 444 g/mol. The minimum Gasteiger partial charge on any atom is -0.375 e. The third kappa shape index (κ3) is 4.79. The molecule has 0 bridgehead atoms. The average molecular weight is 445 g/mol. The number of nitrogens with one attached hydrogen (secondary N) is 2. The molecule has 1 aliphatic carbocycles. The fraction of sp³-hybridized carbons (Fsp3) is 0.500. The van der Waals surface area contributed by atoms with Gasteiger partial charge in [-0.3, -0.25) is 9.48 Å². The molecule has 0 radical (unpaired) electrons. The molecule has 1 aliphatic heterocycles. The van der Waals surface area contributed by atoms with E-state index >= 15 is 0 Å². The largest absolute Gasteiger partial charge is 0.435 e. The van der Waals surface area contributed by atoms with Gasteiger partial charge in [0.2, 0.25) is 5.91 Å². The molecule has 164 valence electrons. The average Bonchev–Trinajstić information content (AvgIpc) is 3.10. The van der Waals surface area contributed by atoms with Crippen LogP contribution >= 0.6 is 12.4 Å². The second-order valence-electron chi connectivity index (χ2n) is 7.58. The van der Waals surface area contributed by atoms with Crippen molar-refractivity contribution in [1.82, 2.24) is 15.1 Å². The predicted molar refractivity (Wildman–Crippen MR) is 108 cm³/mol. The van der Waals surface area contributed by atoms with Gasteiger partial charge in [-0.15, -0.1) is 12.4 Å². The summed E-state index contributed by atoms with van der Waals surface area (Å²) < 4.78 is 45.5. The lowest BCUT2D eigenvalue weighted by molar-refractivity contribution is -0.141. The molecule has 1 amide bonds. The highest BCUT2D eigenvalue weighted by Gasteiger charge is 2.36. The first kappa shape index (κ1) is 22.6. The molecule has 0 spiro atoms. The van der Waals surface area contributed by atoms with Crippen molar-refractivity contribution in [2.75, 3.05) is 18.5 Å². The SMILES string of the molecule is Cl.Cn1nc(C(F)(F)F)cc1-c1ccc(NC(=O)[C@H]2CC[C@H]3OCCN[C@@H]3C2)cc1. The van der Waals surface area contributed by atoms with Crippen LogP contribution in [0.4, 0.5) is 18.9 Å². The van der Waals surface area contributed by atoms with Crippen molar-refractivity contribution in [2.45, 2.75) is 37.6 Å². The highest BCUT2D eigenvalue weighted by Crippen LogP contribution is 2.32. The molecular weight excluding hydrogens is 421 g/mol. The van der Waals surface area contributed by atoms with Crippen LogP contribution in [-0.2, 0) is 22.8 Å². The first-order valence-electron chi connectivity index (χ1n) is 9.69. The summed E-state index contributed by atoms with van der Waals surface area (Å²) in [6.07, 6.45) is -1.92. The van der Waals surface area contributed by atoms with E-state index < -0.39 is 11.9 Å². The van der Waals surface area contributed by atoms with Crippen molar-refractivity contribution in [3.05, 3.63) is 36.0 Å². The highest BCUT2D eigenvalue weighted by atomic mass is 35.5. The van der Waals surface area contributed by atoms with Crippen molar-refractivity contribution < 1.29 is 22.7 Å². The van der Waals surface area contributed by atoms with Crippen LogP contribution in [-0.4, -0.2) is 41.0 Å². The van der Waals surface area contributed by atoms with Crippen LogP contribution in [0.15, 0.2) is 30.3 Å². The van der Waals surface area contributed by atoms with Gasteiger partial charge in [0, 0.05) is 31.2 Å². The molecule has 0 unspecified atom stereocenters. The van der Waals surface area contributed by atoms with Crippen molar-refractivity contribution in [1.29, 1.82) is 0 Å². The molecule has 2 heterocycles. The summed E-state index contributed by atoms with van der Waals surface area (Å²) in [5.74, 6) is -0.125. The Labute approximate surface area is 178 Å². The van der Waals surface area contributed by atoms with Gasteiger partial charge in [-0.1, -0.05) is 12.1 Å². The van der Waals surface area contributed by atoms with Crippen molar-refractivity contribution >= 4 is 24.0 Å². The first-order valence-corrected chi connectivity index (χ1v) is 9.69. The summed E-state index contributed by atoms with van der Waals surface area (Å²) in [6, 6.07) is 7.98. The number of halogens is 4. The number of rotatable bonds is 3. The fourth-order valence-corrected chi connectivity index (χ4v) is 4.09. The number of hydrogen-bond acceptors (Lipinski definition) is 4. The molecule has 1 aromatic carbocycles. The number of nitrogens with zero attached hydrogens (tertiary/aromatic N) is 2. The molecule has 2 N–H and O–H groups in total. The summed E-state index contributed by atoms with van der Waals surface area (Å²) in [4.78, 5) is 12.6. The van der Waals surface area contributed by atoms with Crippen LogP contribution in [0.2, 0.25) is 0 Å². The highest BCUT2D eigenvalue weighted by molar-refractivity contribution is 5.92. The van der Waals surface area contributed by atoms with Crippen molar-refractivity contribution in [3.63, 3.8) is 0 Å². The summed E-state index contributed by atoms with van der Waals surface area (Å²) in [5, 5.41) is 9.87. The van der Waals surface area contributed by atoms with E-state index in [0.717, 1.165) is 31.9 Å². The summed E-state index contributed by atoms with van der Waals surface area (Å²) in [5.41, 5.74) is 0.643. The molecule has 1 saturated carbocycles. The third-order valence-electron chi connectivity index (χ3n) is 5.62. The predicted octanol–water partition coefficient (Wildman–Crippen LogP) is 3.62. The minimum atomic E-state index is -4.48. The third-order valence-corrected chi connectivity index (χ3v) is 5.62. The van der Waals surface area contributed by atoms with Crippen molar-refractivity contribution in [3.8, 4) is 11.3 Å². The Morgan fingerprint density at radius 1 is 1.27 bits per heavy atom. The molecule has 30 heavy (non-hydrogen) atoms. The number of morpholine rings is 1. The standard InChI is InChI=1S/C20H23F3N4O2.ClH/c1-27-16(11-18(26-27)20(21,22)23)12-2-5-14(6-3-12)25-19(28)13-4-7-17-15(10-13)24-8-9-29-17;/h2-3,5-6,11,13,15,17,24H,4,7-10H2,1H3,(H,25,28);1H/t13-,15+,17+;/m0./s1. The van der Waals surface area contributed by atoms with Crippen LogP contribution in [0.25, 0.3) is 11.3 Å². The number of alkyl halides is 3. The lowest BCUT2D eigenvalue weighted by Crippen LogP contribution is -2.52. The molecular formula is C20H24ClF3N4O2. The molecule has 10 heteroatoms. The van der Waals surface area contributed by atoms with E-state index in [1.54, 1.807) is 24.3 Å². The zero-order valence-electron chi connectivity index (χ0n) is 16.4. The Morgan fingerprint density at radius 3 is 2.67 bits per heavy atom. The molecule has 1 aromatic heterocycles. The van der Waals surface area contributed by atoms with Crippen LogP contribution in [0.3, 0.4) is 0 Å². The second kappa shape index (κ2) is 8.95. The summed E-state index contributed by atoms with van der Waals surface area (Å²) in [7, 11) is 1.47. The normalized spacial score (nSPS) is 23.9. The number of amides is 1. The van der Waals surface area contributed by atoms with Gasteiger partial charge in [0.05, 0.1) is 18.4 Å². The summed E-state index contributed by atoms with van der Waals surface area (Å²) >= 11 is 0. The van der Waals surface area contributed by atoms with E-state index in [-0.39, 0.29) is 36.4 Å². The summed E-state index contributed by atoms with van der Waals surface area (Å²) in [6.45, 7) is 1.52. The Morgan fingerprint density at radius 2 is 2.00 bits per heavy atom. The van der Waals surface area contributed by atoms with Gasteiger partial charge in [0.1, 0.15) is 0 Å². The Kier molecular flexibility index (Phi) is 6.74. The first-order chi connectivity index (χ1) is 13.8. The van der Waals surface area contributed by atoms with Gasteiger partial charge in [-0.25, -0.2) is 0 Å². The lowest BCUT2D eigenvalue weighted by Gasteiger charge is -2.39. The Hall–Kier alpha value is -2.10. The minimum absolute atomic E-state index is 0. The number of fused-ring (bicyclic) bond motifs is 1. The van der Waals surface area contributed by atoms with Crippen LogP contribution < -0.4 is 10.6 Å². The number of carbonyl (C=O) groups excluding carboxylic acids is 1. The number of aromatic nitrogens is 2. The van der Waals surface area contributed by atoms with Crippen LogP contribution in [0.1, 0.15) is 25.0 Å². The second-order valence-corrected chi connectivity index (χ2v) is 7.58. The van der Waals surface area contributed by atoms with Gasteiger partial charge in [0.15, 0.2) is 5.69 Å². The number of aryl methyl sites for hydroxylation is 1. The molecule has 2 aromatic rings. The van der Waals surface area contributed by atoms with Crippen LogP contribution in [0.5, 0.6) is 0 Å².